The van der Waals surface area contributed by atoms with Gasteiger partial charge in [-0.2, -0.15) is 0 Å². The molecule has 1 aliphatic rings. The first-order chi connectivity index (χ1) is 15.0. The highest BCUT2D eigenvalue weighted by Gasteiger charge is 2.34. The van der Waals surface area contributed by atoms with Gasteiger partial charge in [0.05, 0.1) is 25.8 Å². The molecule has 8 heteroatoms. The van der Waals surface area contributed by atoms with Crippen molar-refractivity contribution in [3.63, 3.8) is 0 Å². The maximum atomic E-state index is 12.6. The Morgan fingerprint density at radius 2 is 1.84 bits per heavy atom. The van der Waals surface area contributed by atoms with Crippen molar-refractivity contribution in [1.29, 1.82) is 0 Å². The number of ether oxygens (including phenoxy) is 1. The topological polar surface area (TPSA) is 108 Å². The highest BCUT2D eigenvalue weighted by Crippen LogP contribution is 2.24. The minimum Gasteiger partial charge on any atom is -0.466 e. The Hall–Kier alpha value is -3.65. The van der Waals surface area contributed by atoms with E-state index in [0.29, 0.717) is 24.2 Å². The normalized spacial score (nSPS) is 13.4. The van der Waals surface area contributed by atoms with Crippen LogP contribution in [0.4, 0.5) is 11.4 Å². The van der Waals surface area contributed by atoms with Crippen LogP contribution in [-0.2, 0) is 25.5 Å². The lowest BCUT2D eigenvalue weighted by Crippen LogP contribution is -2.31. The van der Waals surface area contributed by atoms with Crippen molar-refractivity contribution in [2.45, 2.75) is 12.8 Å². The molecular formula is C23H25N3O5. The van der Waals surface area contributed by atoms with Gasteiger partial charge in [-0.25, -0.2) is 4.79 Å². The standard InChI is InChI=1S/C23H25N3O5/c1-31-23(30)19-15-26(12-13-27)22(29)21(19)25-18-9-5-8-17(14-18)24-20(28)11-10-16-6-3-2-4-7-16/h2-9,14,25,27H,10-13,15H2,1H3,(H,24,28). The number of aliphatic hydroxyl groups is 1. The molecule has 0 spiro atoms. The molecule has 1 aliphatic heterocycles. The van der Waals surface area contributed by atoms with Crippen molar-refractivity contribution in [2.24, 2.45) is 0 Å². The first-order valence-corrected chi connectivity index (χ1v) is 9.94. The Labute approximate surface area is 180 Å². The number of nitrogens with zero attached hydrogens (tertiary/aromatic N) is 1. The maximum absolute atomic E-state index is 12.6. The quantitative estimate of drug-likeness (QED) is 0.532. The van der Waals surface area contributed by atoms with Crippen LogP contribution in [0.2, 0.25) is 0 Å². The van der Waals surface area contributed by atoms with Gasteiger partial charge in [-0.15, -0.1) is 0 Å². The third-order valence-electron chi connectivity index (χ3n) is 4.85. The summed E-state index contributed by atoms with van der Waals surface area (Å²) < 4.78 is 4.78. The second-order valence-electron chi connectivity index (χ2n) is 7.04. The molecule has 2 amide bonds. The fraction of sp³-hybridized carbons (Fsp3) is 0.261. The van der Waals surface area contributed by atoms with Gasteiger partial charge in [-0.1, -0.05) is 36.4 Å². The minimum absolute atomic E-state index is 0.0598. The minimum atomic E-state index is -0.610. The number of β-amino-alcohol motifs (C(OH)–C–C–N with tert-alkyl or cyclic N) is 1. The van der Waals surface area contributed by atoms with Gasteiger partial charge in [0.1, 0.15) is 5.70 Å². The highest BCUT2D eigenvalue weighted by atomic mass is 16.5. The molecule has 0 aromatic heterocycles. The molecule has 3 N–H and O–H groups in total. The van der Waals surface area contributed by atoms with E-state index in [9.17, 15) is 14.4 Å². The van der Waals surface area contributed by atoms with Gasteiger partial charge >= 0.3 is 5.97 Å². The monoisotopic (exact) mass is 423 g/mol. The Balaban J connectivity index is 1.68. The van der Waals surface area contributed by atoms with Gasteiger partial charge in [0, 0.05) is 24.3 Å². The Morgan fingerprint density at radius 3 is 2.55 bits per heavy atom. The number of hydrogen-bond donors (Lipinski definition) is 3. The molecule has 0 fully saturated rings. The summed E-state index contributed by atoms with van der Waals surface area (Å²) in [7, 11) is 1.25. The number of amides is 2. The third kappa shape index (κ3) is 5.70. The van der Waals surface area contributed by atoms with E-state index in [1.165, 1.54) is 12.0 Å². The Kier molecular flexibility index (Phi) is 7.40. The molecule has 2 aromatic carbocycles. The third-order valence-corrected chi connectivity index (χ3v) is 4.85. The molecule has 1 heterocycles. The summed E-state index contributed by atoms with van der Waals surface area (Å²) in [6.07, 6.45) is 0.975. The molecule has 2 aromatic rings. The Bertz CT molecular complexity index is 988. The van der Waals surface area contributed by atoms with Crippen LogP contribution in [0.15, 0.2) is 65.9 Å². The van der Waals surface area contributed by atoms with Crippen LogP contribution in [0.25, 0.3) is 0 Å². The number of esters is 1. The van der Waals surface area contributed by atoms with E-state index in [-0.39, 0.29) is 36.9 Å². The van der Waals surface area contributed by atoms with E-state index < -0.39 is 11.9 Å². The number of aliphatic hydroxyl groups excluding tert-OH is 1. The summed E-state index contributed by atoms with van der Waals surface area (Å²) >= 11 is 0. The summed E-state index contributed by atoms with van der Waals surface area (Å²) in [6, 6.07) is 16.6. The largest absolute Gasteiger partial charge is 0.466 e. The molecule has 0 atom stereocenters. The summed E-state index contributed by atoms with van der Waals surface area (Å²) in [5, 5.41) is 15.0. The molecule has 3 rings (SSSR count). The number of rotatable bonds is 9. The van der Waals surface area contributed by atoms with Crippen molar-refractivity contribution >= 4 is 29.2 Å². The lowest BCUT2D eigenvalue weighted by molar-refractivity contribution is -0.136. The van der Waals surface area contributed by atoms with Gasteiger partial charge < -0.3 is 25.4 Å². The van der Waals surface area contributed by atoms with E-state index >= 15 is 0 Å². The molecule has 162 valence electrons. The molecule has 8 nitrogen and oxygen atoms in total. The van der Waals surface area contributed by atoms with Crippen LogP contribution in [0.1, 0.15) is 12.0 Å². The van der Waals surface area contributed by atoms with Gasteiger partial charge in [-0.05, 0) is 30.2 Å². The summed E-state index contributed by atoms with van der Waals surface area (Å²) in [4.78, 5) is 38.4. The number of aryl methyl sites for hydroxylation is 1. The zero-order valence-electron chi connectivity index (χ0n) is 17.3. The molecule has 0 saturated heterocycles. The van der Waals surface area contributed by atoms with Crippen molar-refractivity contribution in [1.82, 2.24) is 4.90 Å². The number of carbonyl (C=O) groups excluding carboxylic acids is 3. The van der Waals surface area contributed by atoms with Crippen molar-refractivity contribution in [3.05, 3.63) is 71.4 Å². The van der Waals surface area contributed by atoms with E-state index in [2.05, 4.69) is 10.6 Å². The predicted molar refractivity (Wildman–Crippen MR) is 116 cm³/mol. The fourth-order valence-corrected chi connectivity index (χ4v) is 3.29. The van der Waals surface area contributed by atoms with Crippen LogP contribution in [0.3, 0.4) is 0 Å². The van der Waals surface area contributed by atoms with Crippen LogP contribution < -0.4 is 10.6 Å². The van der Waals surface area contributed by atoms with Gasteiger partial charge in [0.25, 0.3) is 5.91 Å². The fourth-order valence-electron chi connectivity index (χ4n) is 3.29. The molecular weight excluding hydrogens is 398 g/mol. The average molecular weight is 423 g/mol. The van der Waals surface area contributed by atoms with E-state index in [1.807, 2.05) is 30.3 Å². The SMILES string of the molecule is COC(=O)C1=C(Nc2cccc(NC(=O)CCc3ccccc3)c2)C(=O)N(CCO)C1. The van der Waals surface area contributed by atoms with Crippen LogP contribution >= 0.6 is 0 Å². The smallest absolute Gasteiger partial charge is 0.337 e. The molecule has 0 radical (unpaired) electrons. The number of methoxy groups -OCH3 is 1. The van der Waals surface area contributed by atoms with Crippen molar-refractivity contribution in [2.75, 3.05) is 37.4 Å². The highest BCUT2D eigenvalue weighted by molar-refractivity contribution is 6.08. The zero-order valence-corrected chi connectivity index (χ0v) is 17.3. The van der Waals surface area contributed by atoms with Gasteiger partial charge in [-0.3, -0.25) is 9.59 Å². The Morgan fingerprint density at radius 1 is 1.10 bits per heavy atom. The van der Waals surface area contributed by atoms with E-state index in [1.54, 1.807) is 24.3 Å². The van der Waals surface area contributed by atoms with Crippen LogP contribution in [-0.4, -0.2) is 54.6 Å². The van der Waals surface area contributed by atoms with Crippen LogP contribution in [0.5, 0.6) is 0 Å². The lowest BCUT2D eigenvalue weighted by Gasteiger charge is -2.15. The number of hydrogen-bond acceptors (Lipinski definition) is 6. The first kappa shape index (κ1) is 22.0. The van der Waals surface area contributed by atoms with E-state index in [0.717, 1.165) is 5.56 Å². The maximum Gasteiger partial charge on any atom is 0.337 e. The average Bonchev–Trinajstić information content (AvgIpc) is 3.08. The van der Waals surface area contributed by atoms with Gasteiger partial charge in [0.2, 0.25) is 5.91 Å². The van der Waals surface area contributed by atoms with Crippen LogP contribution in [0, 0.1) is 0 Å². The van der Waals surface area contributed by atoms with E-state index in [4.69, 9.17) is 9.84 Å². The van der Waals surface area contributed by atoms with Crippen molar-refractivity contribution < 1.29 is 24.2 Å². The number of anilines is 2. The summed E-state index contributed by atoms with van der Waals surface area (Å²) in [5.74, 6) is -1.13. The number of carbonyl (C=O) groups is 3. The number of benzene rings is 2. The second-order valence-corrected chi connectivity index (χ2v) is 7.04. The van der Waals surface area contributed by atoms with Gasteiger partial charge in [0.15, 0.2) is 0 Å². The predicted octanol–water partition coefficient (Wildman–Crippen LogP) is 1.93. The molecule has 0 saturated carbocycles. The molecule has 0 aliphatic carbocycles. The molecule has 0 unspecified atom stereocenters. The molecule has 0 bridgehead atoms. The lowest BCUT2D eigenvalue weighted by atomic mass is 10.1. The zero-order chi connectivity index (χ0) is 22.2. The summed E-state index contributed by atoms with van der Waals surface area (Å²) in [6.45, 7) is -0.0374. The van der Waals surface area contributed by atoms with Crippen molar-refractivity contribution in [3.8, 4) is 0 Å². The summed E-state index contributed by atoms with van der Waals surface area (Å²) in [5.41, 5.74) is 2.49. The molecule has 31 heavy (non-hydrogen) atoms. The second kappa shape index (κ2) is 10.4. The first-order valence-electron chi connectivity index (χ1n) is 9.94. The number of nitrogens with one attached hydrogen (secondary N) is 2.